The zero-order chi connectivity index (χ0) is 20.7. The van der Waals surface area contributed by atoms with Crippen LogP contribution in [0.2, 0.25) is 5.02 Å². The highest BCUT2D eigenvalue weighted by Gasteiger charge is 2.19. The van der Waals surface area contributed by atoms with Crippen molar-refractivity contribution in [1.29, 1.82) is 0 Å². The number of urea groups is 1. The number of halogens is 1. The molecular weight excluding hydrogens is 376 g/mol. The van der Waals surface area contributed by atoms with E-state index in [4.69, 9.17) is 11.6 Å². The number of carbonyl (C=O) groups is 2. The molecule has 0 aromatic heterocycles. The summed E-state index contributed by atoms with van der Waals surface area (Å²) in [6, 6.07) is 14.1. The summed E-state index contributed by atoms with van der Waals surface area (Å²) in [7, 11) is 3.87. The fourth-order valence-electron chi connectivity index (χ4n) is 2.81. The summed E-state index contributed by atoms with van der Waals surface area (Å²) in [6.07, 6.45) is 0. The number of amides is 3. The quantitative estimate of drug-likeness (QED) is 0.657. The summed E-state index contributed by atoms with van der Waals surface area (Å²) in [5.41, 5.74) is 1.80. The Kier molecular flexibility index (Phi) is 7.84. The van der Waals surface area contributed by atoms with Crippen molar-refractivity contribution in [2.45, 2.75) is 25.9 Å². The molecule has 0 heterocycles. The lowest BCUT2D eigenvalue weighted by Gasteiger charge is -2.26. The maximum Gasteiger partial charge on any atom is 0.319 e. The molecule has 6 nitrogen and oxygen atoms in total. The van der Waals surface area contributed by atoms with Crippen LogP contribution in [0.25, 0.3) is 0 Å². The number of hydrogen-bond acceptors (Lipinski definition) is 3. The highest BCUT2D eigenvalue weighted by molar-refractivity contribution is 6.31. The lowest BCUT2D eigenvalue weighted by Crippen LogP contribution is -2.36. The van der Waals surface area contributed by atoms with Crippen LogP contribution < -0.4 is 16.0 Å². The number of likely N-dealkylation sites (N-methyl/N-ethyl adjacent to an activating group) is 1. The van der Waals surface area contributed by atoms with E-state index in [9.17, 15) is 9.59 Å². The minimum Gasteiger partial charge on any atom is -0.350 e. The number of para-hydroxylation sites is 1. The van der Waals surface area contributed by atoms with Gasteiger partial charge in [-0.05, 0) is 51.7 Å². The van der Waals surface area contributed by atoms with E-state index in [1.54, 1.807) is 24.3 Å². The highest BCUT2D eigenvalue weighted by atomic mass is 35.5. The van der Waals surface area contributed by atoms with Crippen LogP contribution in [0.1, 0.15) is 35.8 Å². The summed E-state index contributed by atoms with van der Waals surface area (Å²) >= 11 is 6.33. The van der Waals surface area contributed by atoms with Gasteiger partial charge in [0, 0.05) is 17.6 Å². The van der Waals surface area contributed by atoms with Crippen molar-refractivity contribution >= 4 is 29.2 Å². The molecule has 2 aromatic carbocycles. The molecule has 0 aliphatic carbocycles. The van der Waals surface area contributed by atoms with Gasteiger partial charge in [0.2, 0.25) is 0 Å². The molecule has 0 saturated heterocycles. The molecule has 2 rings (SSSR count). The molecule has 0 bridgehead atoms. The van der Waals surface area contributed by atoms with E-state index in [2.05, 4.69) is 16.0 Å². The third-order valence-corrected chi connectivity index (χ3v) is 4.53. The van der Waals surface area contributed by atoms with Crippen molar-refractivity contribution in [3.05, 3.63) is 64.7 Å². The Hall–Kier alpha value is -2.57. The molecular formula is C21H27ClN4O2. The smallest absolute Gasteiger partial charge is 0.319 e. The lowest BCUT2D eigenvalue weighted by molar-refractivity contribution is 0.0943. The van der Waals surface area contributed by atoms with Gasteiger partial charge in [0.25, 0.3) is 5.91 Å². The van der Waals surface area contributed by atoms with Crippen LogP contribution in [-0.2, 0) is 0 Å². The van der Waals surface area contributed by atoms with E-state index in [0.717, 1.165) is 5.56 Å². The summed E-state index contributed by atoms with van der Waals surface area (Å²) in [4.78, 5) is 26.8. The van der Waals surface area contributed by atoms with E-state index in [1.165, 1.54) is 0 Å². The SMILES string of the molecule is CC(C)NC(=O)Nc1ccccc1C(=O)NCC(c1ccccc1Cl)N(C)C. The Morgan fingerprint density at radius 3 is 2.32 bits per heavy atom. The second kappa shape index (κ2) is 10.1. The largest absolute Gasteiger partial charge is 0.350 e. The van der Waals surface area contributed by atoms with E-state index in [-0.39, 0.29) is 24.0 Å². The average Bonchev–Trinajstić information content (AvgIpc) is 2.62. The molecule has 2 aromatic rings. The van der Waals surface area contributed by atoms with Gasteiger partial charge in [0.05, 0.1) is 17.3 Å². The van der Waals surface area contributed by atoms with Gasteiger partial charge < -0.3 is 20.9 Å². The zero-order valence-corrected chi connectivity index (χ0v) is 17.4. The number of benzene rings is 2. The van der Waals surface area contributed by atoms with E-state index in [1.807, 2.05) is 57.1 Å². The van der Waals surface area contributed by atoms with Crippen molar-refractivity contribution in [1.82, 2.24) is 15.5 Å². The van der Waals surface area contributed by atoms with Gasteiger partial charge >= 0.3 is 6.03 Å². The van der Waals surface area contributed by atoms with Crippen LogP contribution >= 0.6 is 11.6 Å². The molecule has 0 radical (unpaired) electrons. The molecule has 0 fully saturated rings. The predicted molar refractivity (Wildman–Crippen MR) is 114 cm³/mol. The fourth-order valence-corrected chi connectivity index (χ4v) is 3.07. The minimum atomic E-state index is -0.350. The Bertz CT molecular complexity index is 824. The molecule has 1 atom stereocenters. The second-order valence-corrected chi connectivity index (χ2v) is 7.42. The topological polar surface area (TPSA) is 73.5 Å². The van der Waals surface area contributed by atoms with Gasteiger partial charge in [0.15, 0.2) is 0 Å². The Morgan fingerprint density at radius 1 is 1.04 bits per heavy atom. The first-order valence-corrected chi connectivity index (χ1v) is 9.53. The lowest BCUT2D eigenvalue weighted by atomic mass is 10.1. The number of anilines is 1. The van der Waals surface area contributed by atoms with Gasteiger partial charge in [-0.15, -0.1) is 0 Å². The second-order valence-electron chi connectivity index (χ2n) is 7.01. The maximum atomic E-state index is 12.8. The van der Waals surface area contributed by atoms with Crippen LogP contribution in [0.5, 0.6) is 0 Å². The third-order valence-electron chi connectivity index (χ3n) is 4.18. The Balaban J connectivity index is 2.12. The van der Waals surface area contributed by atoms with Crippen molar-refractivity contribution < 1.29 is 9.59 Å². The summed E-state index contributed by atoms with van der Waals surface area (Å²) in [6.45, 7) is 4.12. The molecule has 0 spiro atoms. The van der Waals surface area contributed by atoms with Crippen LogP contribution in [0.15, 0.2) is 48.5 Å². The van der Waals surface area contributed by atoms with Gasteiger partial charge in [-0.25, -0.2) is 4.79 Å². The molecule has 1 unspecified atom stereocenters. The van der Waals surface area contributed by atoms with Crippen molar-refractivity contribution in [3.63, 3.8) is 0 Å². The maximum absolute atomic E-state index is 12.8. The summed E-state index contributed by atoms with van der Waals surface area (Å²) < 4.78 is 0. The molecule has 0 aliphatic heterocycles. The number of rotatable bonds is 7. The monoisotopic (exact) mass is 402 g/mol. The van der Waals surface area contributed by atoms with E-state index in [0.29, 0.717) is 22.8 Å². The first-order chi connectivity index (χ1) is 13.3. The third kappa shape index (κ3) is 5.97. The van der Waals surface area contributed by atoms with Gasteiger partial charge in [0.1, 0.15) is 0 Å². The van der Waals surface area contributed by atoms with Gasteiger partial charge in [-0.2, -0.15) is 0 Å². The zero-order valence-electron chi connectivity index (χ0n) is 16.6. The molecule has 7 heteroatoms. The van der Waals surface area contributed by atoms with E-state index >= 15 is 0 Å². The number of nitrogens with one attached hydrogen (secondary N) is 3. The minimum absolute atomic E-state index is 0.00235. The predicted octanol–water partition coefficient (Wildman–Crippen LogP) is 3.90. The molecule has 0 saturated carbocycles. The standard InChI is InChI=1S/C21H27ClN4O2/c1-14(2)24-21(28)25-18-12-8-6-10-16(18)20(27)23-13-19(26(3)4)15-9-5-7-11-17(15)22/h5-12,14,19H,13H2,1-4H3,(H,23,27)(H2,24,25,28). The number of carbonyl (C=O) groups excluding carboxylic acids is 2. The van der Waals surface area contributed by atoms with Crippen LogP contribution in [0, 0.1) is 0 Å². The first-order valence-electron chi connectivity index (χ1n) is 9.15. The highest BCUT2D eigenvalue weighted by Crippen LogP contribution is 2.25. The normalized spacial score (nSPS) is 12.0. The van der Waals surface area contributed by atoms with Crippen LogP contribution in [0.3, 0.4) is 0 Å². The van der Waals surface area contributed by atoms with Gasteiger partial charge in [-0.1, -0.05) is 41.9 Å². The van der Waals surface area contributed by atoms with Crippen molar-refractivity contribution in [3.8, 4) is 0 Å². The fraction of sp³-hybridized carbons (Fsp3) is 0.333. The molecule has 0 aliphatic rings. The number of nitrogens with zero attached hydrogens (tertiary/aromatic N) is 1. The summed E-state index contributed by atoms with van der Waals surface area (Å²) in [5.74, 6) is -0.264. The van der Waals surface area contributed by atoms with Crippen molar-refractivity contribution in [2.75, 3.05) is 26.0 Å². The van der Waals surface area contributed by atoms with Crippen LogP contribution in [0.4, 0.5) is 10.5 Å². The molecule has 150 valence electrons. The van der Waals surface area contributed by atoms with Gasteiger partial charge in [-0.3, -0.25) is 4.79 Å². The molecule has 28 heavy (non-hydrogen) atoms. The van der Waals surface area contributed by atoms with E-state index < -0.39 is 0 Å². The average molecular weight is 403 g/mol. The summed E-state index contributed by atoms with van der Waals surface area (Å²) in [5, 5.41) is 9.08. The van der Waals surface area contributed by atoms with Crippen molar-refractivity contribution in [2.24, 2.45) is 0 Å². The first kappa shape index (κ1) is 21.7. The Morgan fingerprint density at radius 2 is 1.68 bits per heavy atom. The van der Waals surface area contributed by atoms with Crippen LogP contribution in [-0.4, -0.2) is 43.5 Å². The molecule has 3 amide bonds. The molecule has 3 N–H and O–H groups in total. The number of hydrogen-bond donors (Lipinski definition) is 3. The Labute approximate surface area is 171 Å².